The number of rotatable bonds is 4. The second kappa shape index (κ2) is 6.56. The van der Waals surface area contributed by atoms with Crippen molar-refractivity contribution in [1.82, 2.24) is 10.2 Å². The molecule has 1 aromatic carbocycles. The van der Waals surface area contributed by atoms with Crippen LogP contribution in [0.1, 0.15) is 30.6 Å². The Hall–Kier alpha value is -1.43. The fourth-order valence-corrected chi connectivity index (χ4v) is 2.55. The normalized spacial score (nSPS) is 26.1. The average molecular weight is 292 g/mol. The molecule has 5 heteroatoms. The van der Waals surface area contributed by atoms with Gasteiger partial charge < -0.3 is 20.4 Å². The molecule has 0 spiro atoms. The van der Waals surface area contributed by atoms with E-state index in [0.717, 1.165) is 0 Å². The van der Waals surface area contributed by atoms with Gasteiger partial charge in [-0.15, -0.1) is 0 Å². The topological polar surface area (TPSA) is 72.8 Å². The minimum Gasteiger partial charge on any atom is -0.390 e. The number of carbonyl (C=O) groups excluding carboxylic acids is 1. The third-order valence-corrected chi connectivity index (χ3v) is 3.88. The first kappa shape index (κ1) is 15.9. The number of aliphatic hydroxyl groups excluding tert-OH is 1. The van der Waals surface area contributed by atoms with E-state index >= 15 is 0 Å². The zero-order chi connectivity index (χ0) is 15.5. The first-order valence-electron chi connectivity index (χ1n) is 7.40. The number of nitrogens with one attached hydrogen (secondary N) is 1. The van der Waals surface area contributed by atoms with E-state index < -0.39 is 11.7 Å². The van der Waals surface area contributed by atoms with Crippen LogP contribution in [0.4, 0.5) is 0 Å². The molecule has 0 unspecified atom stereocenters. The fourth-order valence-electron chi connectivity index (χ4n) is 2.55. The Bertz CT molecular complexity index is 478. The molecule has 5 nitrogen and oxygen atoms in total. The first-order valence-corrected chi connectivity index (χ1v) is 7.40. The number of likely N-dealkylation sites (tertiary alicyclic amines) is 1. The maximum absolute atomic E-state index is 12.4. The summed E-state index contributed by atoms with van der Waals surface area (Å²) in [7, 11) is 0. The van der Waals surface area contributed by atoms with E-state index in [2.05, 4.69) is 5.32 Å². The highest BCUT2D eigenvalue weighted by atomic mass is 16.3. The highest BCUT2D eigenvalue weighted by Crippen LogP contribution is 2.23. The zero-order valence-corrected chi connectivity index (χ0v) is 12.6. The van der Waals surface area contributed by atoms with Gasteiger partial charge in [-0.05, 0) is 18.6 Å². The zero-order valence-electron chi connectivity index (χ0n) is 12.6. The van der Waals surface area contributed by atoms with Gasteiger partial charge in [-0.1, -0.05) is 32.0 Å². The molecular formula is C16H24N2O3. The lowest BCUT2D eigenvalue weighted by atomic mass is 9.89. The Morgan fingerprint density at radius 1 is 1.43 bits per heavy atom. The van der Waals surface area contributed by atoms with E-state index in [4.69, 9.17) is 0 Å². The Morgan fingerprint density at radius 3 is 2.71 bits per heavy atom. The largest absolute Gasteiger partial charge is 0.390 e. The number of hydrogen-bond donors (Lipinski definition) is 3. The molecule has 0 aromatic heterocycles. The number of β-amino-alcohol motifs (C(OH)–C–C–N with tert-alkyl or cyclic N) is 1. The molecule has 1 aliphatic rings. The second-order valence-electron chi connectivity index (χ2n) is 6.04. The van der Waals surface area contributed by atoms with Crippen LogP contribution in [0.15, 0.2) is 30.3 Å². The third kappa shape index (κ3) is 3.81. The van der Waals surface area contributed by atoms with Gasteiger partial charge in [0.1, 0.15) is 5.60 Å². The van der Waals surface area contributed by atoms with E-state index in [9.17, 15) is 15.0 Å². The lowest BCUT2D eigenvalue weighted by Gasteiger charge is -2.43. The first-order chi connectivity index (χ1) is 9.92. The Morgan fingerprint density at radius 2 is 2.10 bits per heavy atom. The number of carbonyl (C=O) groups is 1. The molecule has 1 amide bonds. The quantitative estimate of drug-likeness (QED) is 0.761. The van der Waals surface area contributed by atoms with Crippen LogP contribution < -0.4 is 5.32 Å². The van der Waals surface area contributed by atoms with Crippen LogP contribution in [0, 0.1) is 0 Å². The lowest BCUT2D eigenvalue weighted by molar-refractivity contribution is -0.112. The van der Waals surface area contributed by atoms with Crippen LogP contribution in [0.5, 0.6) is 0 Å². The van der Waals surface area contributed by atoms with Crippen molar-refractivity contribution in [3.63, 3.8) is 0 Å². The van der Waals surface area contributed by atoms with E-state index in [1.54, 1.807) is 17.0 Å². The minimum absolute atomic E-state index is 0.106. The SMILES string of the molecule is CC(C)NC[C@]1(O)CN(C(=O)c2ccccc2)CC[C@H]1O. The van der Waals surface area contributed by atoms with Crippen molar-refractivity contribution in [2.45, 2.75) is 38.0 Å². The smallest absolute Gasteiger partial charge is 0.253 e. The van der Waals surface area contributed by atoms with E-state index in [-0.39, 0.29) is 25.0 Å². The molecule has 116 valence electrons. The summed E-state index contributed by atoms with van der Waals surface area (Å²) in [6, 6.07) is 9.23. The van der Waals surface area contributed by atoms with Gasteiger partial charge in [0.15, 0.2) is 0 Å². The minimum atomic E-state index is -1.30. The second-order valence-corrected chi connectivity index (χ2v) is 6.04. The van der Waals surface area contributed by atoms with Gasteiger partial charge in [0.2, 0.25) is 0 Å². The van der Waals surface area contributed by atoms with E-state index in [0.29, 0.717) is 18.5 Å². The molecule has 3 N–H and O–H groups in total. The monoisotopic (exact) mass is 292 g/mol. The van der Waals surface area contributed by atoms with Crippen molar-refractivity contribution in [2.75, 3.05) is 19.6 Å². The average Bonchev–Trinajstić information content (AvgIpc) is 2.48. The highest BCUT2D eigenvalue weighted by molar-refractivity contribution is 5.94. The van der Waals surface area contributed by atoms with Crippen molar-refractivity contribution >= 4 is 5.91 Å². The van der Waals surface area contributed by atoms with Crippen LogP contribution in [-0.2, 0) is 0 Å². The molecule has 0 bridgehead atoms. The molecule has 1 saturated heterocycles. The van der Waals surface area contributed by atoms with Crippen LogP contribution in [0.25, 0.3) is 0 Å². The van der Waals surface area contributed by atoms with E-state index in [1.807, 2.05) is 32.0 Å². The molecule has 0 aliphatic carbocycles. The summed E-state index contributed by atoms with van der Waals surface area (Å²) < 4.78 is 0. The predicted octanol–water partition coefficient (Wildman–Crippen LogP) is 0.622. The van der Waals surface area contributed by atoms with Crippen LogP contribution in [0.3, 0.4) is 0 Å². The van der Waals surface area contributed by atoms with Gasteiger partial charge >= 0.3 is 0 Å². The number of piperidine rings is 1. The Balaban J connectivity index is 2.08. The molecule has 0 saturated carbocycles. The van der Waals surface area contributed by atoms with Crippen molar-refractivity contribution in [3.8, 4) is 0 Å². The van der Waals surface area contributed by atoms with Crippen LogP contribution >= 0.6 is 0 Å². The molecule has 1 fully saturated rings. The van der Waals surface area contributed by atoms with Gasteiger partial charge in [0.25, 0.3) is 5.91 Å². The van der Waals surface area contributed by atoms with Crippen molar-refractivity contribution in [2.24, 2.45) is 0 Å². The number of benzene rings is 1. The summed E-state index contributed by atoms with van der Waals surface area (Å²) in [6.45, 7) is 4.82. The molecule has 1 aliphatic heterocycles. The number of nitrogens with zero attached hydrogens (tertiary/aromatic N) is 1. The van der Waals surface area contributed by atoms with Crippen LogP contribution in [-0.4, -0.2) is 58.4 Å². The van der Waals surface area contributed by atoms with Crippen molar-refractivity contribution in [3.05, 3.63) is 35.9 Å². The highest BCUT2D eigenvalue weighted by Gasteiger charge is 2.42. The molecular weight excluding hydrogens is 268 g/mol. The number of hydrogen-bond acceptors (Lipinski definition) is 4. The van der Waals surface area contributed by atoms with Gasteiger partial charge in [0, 0.05) is 24.7 Å². The standard InChI is InChI=1S/C16H24N2O3/c1-12(2)17-10-16(21)11-18(9-8-14(16)19)15(20)13-6-4-3-5-7-13/h3-7,12,14,17,19,21H,8-11H2,1-2H3/t14-,16+/m1/s1. The van der Waals surface area contributed by atoms with Crippen molar-refractivity contribution in [1.29, 1.82) is 0 Å². The third-order valence-electron chi connectivity index (χ3n) is 3.88. The van der Waals surface area contributed by atoms with Crippen molar-refractivity contribution < 1.29 is 15.0 Å². The maximum Gasteiger partial charge on any atom is 0.253 e. The van der Waals surface area contributed by atoms with Gasteiger partial charge in [-0.2, -0.15) is 0 Å². The fraction of sp³-hybridized carbons (Fsp3) is 0.562. The molecule has 1 heterocycles. The van der Waals surface area contributed by atoms with Gasteiger partial charge in [-0.3, -0.25) is 4.79 Å². The molecule has 1 aromatic rings. The summed E-state index contributed by atoms with van der Waals surface area (Å²) in [5.74, 6) is -0.106. The predicted molar refractivity (Wildman–Crippen MR) is 81.1 cm³/mol. The van der Waals surface area contributed by atoms with Gasteiger partial charge in [-0.25, -0.2) is 0 Å². The molecule has 0 radical (unpaired) electrons. The molecule has 2 rings (SSSR count). The lowest BCUT2D eigenvalue weighted by Crippen LogP contribution is -2.62. The summed E-state index contributed by atoms with van der Waals surface area (Å²) in [5, 5.41) is 23.9. The summed E-state index contributed by atoms with van der Waals surface area (Å²) >= 11 is 0. The Labute approximate surface area is 125 Å². The summed E-state index contributed by atoms with van der Waals surface area (Å²) in [4.78, 5) is 14.1. The van der Waals surface area contributed by atoms with E-state index in [1.165, 1.54) is 0 Å². The molecule has 2 atom stereocenters. The summed E-state index contributed by atoms with van der Waals surface area (Å²) in [5.41, 5.74) is -0.694. The van der Waals surface area contributed by atoms with Gasteiger partial charge in [0.05, 0.1) is 12.6 Å². The van der Waals surface area contributed by atoms with Crippen LogP contribution in [0.2, 0.25) is 0 Å². The maximum atomic E-state index is 12.4. The summed E-state index contributed by atoms with van der Waals surface area (Å²) in [6.07, 6.45) is -0.432. The Kier molecular flexibility index (Phi) is 4.98. The number of aliphatic hydroxyl groups is 2. The number of amides is 1. The molecule has 21 heavy (non-hydrogen) atoms.